The smallest absolute Gasteiger partial charge is 0.250 e. The average Bonchev–Trinajstić information content (AvgIpc) is 3.27. The topological polar surface area (TPSA) is 88.7 Å². The minimum atomic E-state index is -1.11. The van der Waals surface area contributed by atoms with Crippen molar-refractivity contribution in [3.63, 3.8) is 0 Å². The second kappa shape index (κ2) is 8.71. The summed E-state index contributed by atoms with van der Waals surface area (Å²) in [6.07, 6.45) is 1.44. The third kappa shape index (κ3) is 3.95. The first-order valence-corrected chi connectivity index (χ1v) is 11.4. The molecule has 0 radical (unpaired) electrons. The van der Waals surface area contributed by atoms with Crippen LogP contribution in [-0.2, 0) is 15.1 Å². The van der Waals surface area contributed by atoms with E-state index in [0.717, 1.165) is 28.8 Å². The van der Waals surface area contributed by atoms with Crippen molar-refractivity contribution in [2.45, 2.75) is 52.1 Å². The van der Waals surface area contributed by atoms with Gasteiger partial charge in [-0.2, -0.15) is 0 Å². The van der Waals surface area contributed by atoms with Crippen molar-refractivity contribution in [2.24, 2.45) is 11.8 Å². The maximum Gasteiger partial charge on any atom is 0.250 e. The molecule has 0 saturated carbocycles. The van der Waals surface area contributed by atoms with E-state index in [1.165, 1.54) is 0 Å². The number of aryl methyl sites for hydroxylation is 2. The molecule has 0 aliphatic carbocycles. The number of fused-ring (bicyclic) bond motifs is 2. The van der Waals surface area contributed by atoms with Gasteiger partial charge < -0.3 is 20.1 Å². The van der Waals surface area contributed by atoms with Crippen LogP contribution in [0.3, 0.4) is 0 Å². The lowest BCUT2D eigenvalue weighted by atomic mass is 9.78. The summed E-state index contributed by atoms with van der Waals surface area (Å²) >= 11 is 0. The molecule has 0 aromatic heterocycles. The Kier molecular flexibility index (Phi) is 6.10. The number of carbonyl (C=O) groups is 2. The summed E-state index contributed by atoms with van der Waals surface area (Å²) in [4.78, 5) is 27.3. The third-order valence-electron chi connectivity index (χ3n) is 6.71. The first-order chi connectivity index (χ1) is 15.7. The van der Waals surface area contributed by atoms with Crippen molar-refractivity contribution in [1.29, 1.82) is 0 Å². The largest absolute Gasteiger partial charge is 0.497 e. The van der Waals surface area contributed by atoms with Gasteiger partial charge in [0.05, 0.1) is 25.8 Å². The molecule has 7 nitrogen and oxygen atoms in total. The molecule has 2 amide bonds. The quantitative estimate of drug-likeness (QED) is 0.615. The van der Waals surface area contributed by atoms with Gasteiger partial charge in [-0.05, 0) is 50.3 Å². The zero-order valence-electron chi connectivity index (χ0n) is 20.2. The number of hydrogen-bond donors (Lipinski definition) is 3. The summed E-state index contributed by atoms with van der Waals surface area (Å²) in [6, 6.07) is 9.38. The zero-order chi connectivity index (χ0) is 23.9. The lowest BCUT2D eigenvalue weighted by molar-refractivity contribution is -0.130. The number of benzene rings is 2. The normalized spacial score (nSPS) is 23.5. The van der Waals surface area contributed by atoms with E-state index in [-0.39, 0.29) is 17.9 Å². The number of amides is 2. The maximum absolute atomic E-state index is 13.8. The first-order valence-electron chi connectivity index (χ1n) is 11.4. The van der Waals surface area contributed by atoms with Crippen LogP contribution in [0, 0.1) is 25.7 Å². The number of methoxy groups -OCH3 is 2. The lowest BCUT2D eigenvalue weighted by Gasteiger charge is -2.30. The molecule has 1 fully saturated rings. The number of hydrogen-bond acceptors (Lipinski definition) is 5. The van der Waals surface area contributed by atoms with Crippen LogP contribution < -0.4 is 25.4 Å². The second-order valence-electron chi connectivity index (χ2n) is 9.58. The minimum Gasteiger partial charge on any atom is -0.497 e. The molecule has 2 aromatic rings. The van der Waals surface area contributed by atoms with E-state index in [0.29, 0.717) is 29.5 Å². The van der Waals surface area contributed by atoms with Crippen LogP contribution >= 0.6 is 0 Å². The summed E-state index contributed by atoms with van der Waals surface area (Å²) in [5.74, 6) is 0.601. The monoisotopic (exact) mass is 451 g/mol. The minimum absolute atomic E-state index is 0.0467. The Morgan fingerprint density at radius 1 is 1.18 bits per heavy atom. The molecule has 33 heavy (non-hydrogen) atoms. The second-order valence-corrected chi connectivity index (χ2v) is 9.58. The molecule has 2 heterocycles. The fourth-order valence-electron chi connectivity index (χ4n) is 5.37. The number of rotatable bonds is 6. The van der Waals surface area contributed by atoms with Gasteiger partial charge in [-0.25, -0.2) is 0 Å². The molecule has 1 saturated heterocycles. The summed E-state index contributed by atoms with van der Waals surface area (Å²) in [5.41, 5.74) is 3.13. The maximum atomic E-state index is 13.8. The lowest BCUT2D eigenvalue weighted by Crippen LogP contribution is -2.52. The van der Waals surface area contributed by atoms with Crippen molar-refractivity contribution in [1.82, 2.24) is 5.32 Å². The predicted octanol–water partition coefficient (Wildman–Crippen LogP) is 4.13. The van der Waals surface area contributed by atoms with E-state index in [1.54, 1.807) is 32.4 Å². The van der Waals surface area contributed by atoms with E-state index in [4.69, 9.17) is 9.47 Å². The Bertz CT molecular complexity index is 1100. The van der Waals surface area contributed by atoms with Gasteiger partial charge in [-0.3, -0.25) is 14.9 Å². The Morgan fingerprint density at radius 3 is 2.61 bits per heavy atom. The molecule has 1 spiro atoms. The first kappa shape index (κ1) is 23.1. The Labute approximate surface area is 195 Å². The van der Waals surface area contributed by atoms with Crippen LogP contribution in [0.25, 0.3) is 0 Å². The Morgan fingerprint density at radius 2 is 1.94 bits per heavy atom. The molecule has 2 aliphatic rings. The van der Waals surface area contributed by atoms with Crippen LogP contribution in [-0.4, -0.2) is 32.1 Å². The van der Waals surface area contributed by atoms with Gasteiger partial charge in [0.15, 0.2) is 0 Å². The van der Waals surface area contributed by atoms with Crippen molar-refractivity contribution in [2.75, 3.05) is 24.9 Å². The van der Waals surface area contributed by atoms with E-state index in [1.807, 2.05) is 19.9 Å². The molecule has 7 heteroatoms. The molecule has 176 valence electrons. The summed E-state index contributed by atoms with van der Waals surface area (Å²) in [5, 5.41) is 9.68. The standard InChI is InChI=1S/C26H33N3O4/c1-14(2)9-17-12-20(24(30)27-21-13-18(32-5)7-8-22(21)33-6)26(29-17)19-11-15(3)10-16(4)23(19)28-25(26)31/h7-8,10-11,13-14,17,20,29H,9,12H2,1-6H3,(H,27,30)(H,28,31)/t17-,20+,26-/m1/s1. The Hall–Kier alpha value is -3.06. The van der Waals surface area contributed by atoms with Crippen LogP contribution in [0.2, 0.25) is 0 Å². The summed E-state index contributed by atoms with van der Waals surface area (Å²) < 4.78 is 10.8. The molecule has 4 rings (SSSR count). The number of ether oxygens (including phenoxy) is 2. The molecule has 3 atom stereocenters. The van der Waals surface area contributed by atoms with Gasteiger partial charge in [0, 0.05) is 23.4 Å². The average molecular weight is 452 g/mol. The van der Waals surface area contributed by atoms with Gasteiger partial charge in [-0.1, -0.05) is 31.5 Å². The summed E-state index contributed by atoms with van der Waals surface area (Å²) in [7, 11) is 3.13. The zero-order valence-corrected chi connectivity index (χ0v) is 20.2. The molecular formula is C26H33N3O4. The number of carbonyl (C=O) groups excluding carboxylic acids is 2. The highest BCUT2D eigenvalue weighted by molar-refractivity contribution is 6.11. The predicted molar refractivity (Wildman–Crippen MR) is 129 cm³/mol. The molecule has 2 aromatic carbocycles. The molecule has 0 unspecified atom stereocenters. The van der Waals surface area contributed by atoms with Crippen LogP contribution in [0.5, 0.6) is 11.5 Å². The molecular weight excluding hydrogens is 418 g/mol. The van der Waals surface area contributed by atoms with Crippen LogP contribution in [0.1, 0.15) is 43.4 Å². The summed E-state index contributed by atoms with van der Waals surface area (Å²) in [6.45, 7) is 8.31. The van der Waals surface area contributed by atoms with E-state index >= 15 is 0 Å². The van der Waals surface area contributed by atoms with E-state index < -0.39 is 11.5 Å². The van der Waals surface area contributed by atoms with Crippen molar-refractivity contribution in [3.8, 4) is 11.5 Å². The van der Waals surface area contributed by atoms with Crippen molar-refractivity contribution < 1.29 is 19.1 Å². The van der Waals surface area contributed by atoms with Crippen LogP contribution in [0.4, 0.5) is 11.4 Å². The highest BCUT2D eigenvalue weighted by atomic mass is 16.5. The van der Waals surface area contributed by atoms with Gasteiger partial charge in [-0.15, -0.1) is 0 Å². The third-order valence-corrected chi connectivity index (χ3v) is 6.71. The van der Waals surface area contributed by atoms with Gasteiger partial charge in [0.1, 0.15) is 17.0 Å². The fraction of sp³-hybridized carbons (Fsp3) is 0.462. The number of nitrogens with one attached hydrogen (secondary N) is 3. The fourth-order valence-corrected chi connectivity index (χ4v) is 5.37. The van der Waals surface area contributed by atoms with E-state index in [2.05, 4.69) is 35.9 Å². The van der Waals surface area contributed by atoms with Crippen molar-refractivity contribution in [3.05, 3.63) is 47.0 Å². The number of anilines is 2. The van der Waals surface area contributed by atoms with Gasteiger partial charge >= 0.3 is 0 Å². The van der Waals surface area contributed by atoms with E-state index in [9.17, 15) is 9.59 Å². The van der Waals surface area contributed by atoms with Crippen molar-refractivity contribution >= 4 is 23.2 Å². The Balaban J connectivity index is 1.77. The molecule has 0 bridgehead atoms. The SMILES string of the molecule is COc1ccc(OC)c(NC(=O)[C@@H]2C[C@@H](CC(C)C)N[C@@]23C(=O)Nc2c(C)cc(C)cc23)c1. The highest BCUT2D eigenvalue weighted by Gasteiger charge is 2.60. The molecule has 2 aliphatic heterocycles. The van der Waals surface area contributed by atoms with Crippen LogP contribution in [0.15, 0.2) is 30.3 Å². The highest BCUT2D eigenvalue weighted by Crippen LogP contribution is 2.49. The van der Waals surface area contributed by atoms with Gasteiger partial charge in [0.25, 0.3) is 0 Å². The van der Waals surface area contributed by atoms with Gasteiger partial charge in [0.2, 0.25) is 11.8 Å². The molecule has 3 N–H and O–H groups in total.